The van der Waals surface area contributed by atoms with Crippen LogP contribution in [0.1, 0.15) is 38.8 Å². The molecule has 1 fully saturated rings. The van der Waals surface area contributed by atoms with E-state index in [1.54, 1.807) is 0 Å². The van der Waals surface area contributed by atoms with Crippen molar-refractivity contribution in [3.8, 4) is 0 Å². The van der Waals surface area contributed by atoms with Gasteiger partial charge in [-0.05, 0) is 18.8 Å². The Bertz CT molecular complexity index is 374. The molecule has 0 saturated heterocycles. The van der Waals surface area contributed by atoms with E-state index in [-0.39, 0.29) is 0 Å². The lowest BCUT2D eigenvalue weighted by Gasteiger charge is -2.30. The van der Waals surface area contributed by atoms with Gasteiger partial charge >= 0.3 is 0 Å². The van der Waals surface area contributed by atoms with Gasteiger partial charge in [-0.15, -0.1) is 0 Å². The molecule has 0 radical (unpaired) electrons. The van der Waals surface area contributed by atoms with E-state index < -0.39 is 0 Å². The Morgan fingerprint density at radius 3 is 2.78 bits per heavy atom. The first-order valence-electron chi connectivity index (χ1n) is 6.90. The normalized spacial score (nSPS) is 15.8. The summed E-state index contributed by atoms with van der Waals surface area (Å²) in [6.07, 6.45) is 7.83. The molecule has 2 rings (SSSR count). The molecule has 4 nitrogen and oxygen atoms in total. The SMILES string of the molecule is CC(C)NCc1cncc(N(C)CC2CCC2)n1. The first-order valence-corrected chi connectivity index (χ1v) is 6.90. The molecule has 1 heterocycles. The molecule has 0 aromatic carbocycles. The van der Waals surface area contributed by atoms with Crippen LogP contribution < -0.4 is 10.2 Å². The van der Waals surface area contributed by atoms with Crippen LogP contribution in [0.5, 0.6) is 0 Å². The third-order valence-electron chi connectivity index (χ3n) is 3.51. The molecule has 0 amide bonds. The van der Waals surface area contributed by atoms with Crippen LogP contribution in [0.4, 0.5) is 5.82 Å². The molecule has 0 bridgehead atoms. The Morgan fingerprint density at radius 2 is 2.17 bits per heavy atom. The average Bonchev–Trinajstić information content (AvgIpc) is 2.31. The zero-order valence-corrected chi connectivity index (χ0v) is 11.7. The topological polar surface area (TPSA) is 41.1 Å². The molecule has 1 saturated carbocycles. The summed E-state index contributed by atoms with van der Waals surface area (Å²) in [4.78, 5) is 11.2. The second-order valence-corrected chi connectivity index (χ2v) is 5.58. The maximum Gasteiger partial charge on any atom is 0.147 e. The van der Waals surface area contributed by atoms with E-state index in [0.29, 0.717) is 6.04 Å². The van der Waals surface area contributed by atoms with Gasteiger partial charge in [-0.2, -0.15) is 0 Å². The fourth-order valence-electron chi connectivity index (χ4n) is 2.13. The molecule has 1 aliphatic carbocycles. The number of rotatable bonds is 6. The van der Waals surface area contributed by atoms with Gasteiger partial charge in [0.15, 0.2) is 0 Å². The number of nitrogens with one attached hydrogen (secondary N) is 1. The van der Waals surface area contributed by atoms with E-state index >= 15 is 0 Å². The zero-order valence-electron chi connectivity index (χ0n) is 11.7. The molecular formula is C14H24N4. The van der Waals surface area contributed by atoms with E-state index in [0.717, 1.165) is 30.5 Å². The second-order valence-electron chi connectivity index (χ2n) is 5.58. The van der Waals surface area contributed by atoms with Crippen LogP contribution in [-0.2, 0) is 6.54 Å². The first-order chi connectivity index (χ1) is 8.65. The fourth-order valence-corrected chi connectivity index (χ4v) is 2.13. The summed E-state index contributed by atoms with van der Waals surface area (Å²) in [7, 11) is 2.11. The summed E-state index contributed by atoms with van der Waals surface area (Å²) in [5.74, 6) is 1.85. The van der Waals surface area contributed by atoms with E-state index in [2.05, 4.69) is 41.1 Å². The van der Waals surface area contributed by atoms with Crippen molar-refractivity contribution in [2.24, 2.45) is 5.92 Å². The highest BCUT2D eigenvalue weighted by atomic mass is 15.2. The molecule has 0 aliphatic heterocycles. The Labute approximate surface area is 110 Å². The van der Waals surface area contributed by atoms with Gasteiger partial charge in [-0.3, -0.25) is 4.98 Å². The van der Waals surface area contributed by atoms with Crippen LogP contribution in [0, 0.1) is 5.92 Å². The first kappa shape index (κ1) is 13.3. The van der Waals surface area contributed by atoms with Crippen molar-refractivity contribution in [1.29, 1.82) is 0 Å². The lowest BCUT2D eigenvalue weighted by atomic mass is 9.85. The predicted octanol–water partition coefficient (Wildman–Crippen LogP) is 2.21. The Balaban J connectivity index is 1.92. The Morgan fingerprint density at radius 1 is 1.39 bits per heavy atom. The number of aromatic nitrogens is 2. The van der Waals surface area contributed by atoms with E-state index in [4.69, 9.17) is 0 Å². The largest absolute Gasteiger partial charge is 0.358 e. The highest BCUT2D eigenvalue weighted by Crippen LogP contribution is 2.27. The second kappa shape index (κ2) is 6.14. The quantitative estimate of drug-likeness (QED) is 0.838. The third kappa shape index (κ3) is 3.67. The van der Waals surface area contributed by atoms with Crippen LogP contribution in [0.25, 0.3) is 0 Å². The smallest absolute Gasteiger partial charge is 0.147 e. The van der Waals surface area contributed by atoms with E-state index in [9.17, 15) is 0 Å². The maximum atomic E-state index is 4.66. The highest BCUT2D eigenvalue weighted by Gasteiger charge is 2.19. The summed E-state index contributed by atoms with van der Waals surface area (Å²) in [5.41, 5.74) is 1.02. The van der Waals surface area contributed by atoms with Crippen molar-refractivity contribution in [2.75, 3.05) is 18.5 Å². The molecular weight excluding hydrogens is 224 g/mol. The van der Waals surface area contributed by atoms with Gasteiger partial charge < -0.3 is 10.2 Å². The van der Waals surface area contributed by atoms with Gasteiger partial charge in [0.05, 0.1) is 11.9 Å². The van der Waals surface area contributed by atoms with Crippen LogP contribution >= 0.6 is 0 Å². The van der Waals surface area contributed by atoms with Crippen LogP contribution in [0.3, 0.4) is 0 Å². The lowest BCUT2D eigenvalue weighted by Crippen LogP contribution is -2.30. The standard InChI is InChI=1S/C14H24N4/c1-11(2)16-8-13-7-15-9-14(17-13)18(3)10-12-5-4-6-12/h7,9,11-12,16H,4-6,8,10H2,1-3H3. The van der Waals surface area contributed by atoms with Crippen LogP contribution in [-0.4, -0.2) is 29.6 Å². The maximum absolute atomic E-state index is 4.66. The minimum Gasteiger partial charge on any atom is -0.358 e. The molecule has 0 atom stereocenters. The Kier molecular flexibility index (Phi) is 4.53. The fraction of sp³-hybridized carbons (Fsp3) is 0.714. The van der Waals surface area contributed by atoms with Crippen molar-refractivity contribution in [3.63, 3.8) is 0 Å². The van der Waals surface area contributed by atoms with Gasteiger partial charge in [0.25, 0.3) is 0 Å². The number of hydrogen-bond acceptors (Lipinski definition) is 4. The molecule has 1 aliphatic rings. The molecule has 1 aromatic heterocycles. The van der Waals surface area contributed by atoms with Crippen molar-refractivity contribution in [1.82, 2.24) is 15.3 Å². The van der Waals surface area contributed by atoms with Crippen LogP contribution in [0.15, 0.2) is 12.4 Å². The van der Waals surface area contributed by atoms with Crippen molar-refractivity contribution >= 4 is 5.82 Å². The summed E-state index contributed by atoms with van der Waals surface area (Å²) in [6, 6.07) is 0.475. The van der Waals surface area contributed by atoms with Crippen LogP contribution in [0.2, 0.25) is 0 Å². The summed E-state index contributed by atoms with van der Waals surface area (Å²) >= 11 is 0. The minimum atomic E-state index is 0.475. The molecule has 0 spiro atoms. The lowest BCUT2D eigenvalue weighted by molar-refractivity contribution is 0.321. The van der Waals surface area contributed by atoms with Gasteiger partial charge in [0, 0.05) is 32.4 Å². The molecule has 1 N–H and O–H groups in total. The molecule has 1 aromatic rings. The van der Waals surface area contributed by atoms with E-state index in [1.165, 1.54) is 19.3 Å². The summed E-state index contributed by atoms with van der Waals surface area (Å²) < 4.78 is 0. The number of nitrogens with zero attached hydrogens (tertiary/aromatic N) is 3. The van der Waals surface area contributed by atoms with Gasteiger partial charge in [0.2, 0.25) is 0 Å². The van der Waals surface area contributed by atoms with Crippen molar-refractivity contribution in [3.05, 3.63) is 18.1 Å². The van der Waals surface area contributed by atoms with Crippen molar-refractivity contribution in [2.45, 2.75) is 45.7 Å². The van der Waals surface area contributed by atoms with Crippen molar-refractivity contribution < 1.29 is 0 Å². The summed E-state index contributed by atoms with van der Waals surface area (Å²) in [6.45, 7) is 6.17. The number of hydrogen-bond donors (Lipinski definition) is 1. The Hall–Kier alpha value is -1.16. The monoisotopic (exact) mass is 248 g/mol. The van der Waals surface area contributed by atoms with Gasteiger partial charge in [-0.25, -0.2) is 4.98 Å². The summed E-state index contributed by atoms with van der Waals surface area (Å²) in [5, 5.41) is 3.37. The molecule has 4 heteroatoms. The molecule has 100 valence electrons. The average molecular weight is 248 g/mol. The highest BCUT2D eigenvalue weighted by molar-refractivity contribution is 5.35. The zero-order chi connectivity index (χ0) is 13.0. The van der Waals surface area contributed by atoms with Gasteiger partial charge in [0.1, 0.15) is 5.82 Å². The minimum absolute atomic E-state index is 0.475. The predicted molar refractivity (Wildman–Crippen MR) is 74.6 cm³/mol. The molecule has 0 unspecified atom stereocenters. The molecule has 18 heavy (non-hydrogen) atoms. The van der Waals surface area contributed by atoms with E-state index in [1.807, 2.05) is 12.4 Å². The third-order valence-corrected chi connectivity index (χ3v) is 3.51. The van der Waals surface area contributed by atoms with Gasteiger partial charge in [-0.1, -0.05) is 20.3 Å². The number of anilines is 1.